The number of piperazine rings is 1. The third-order valence-electron chi connectivity index (χ3n) is 6.28. The van der Waals surface area contributed by atoms with Gasteiger partial charge in [0.25, 0.3) is 0 Å². The van der Waals surface area contributed by atoms with Gasteiger partial charge >= 0.3 is 0 Å². The molecule has 1 saturated heterocycles. The second kappa shape index (κ2) is 5.58. The summed E-state index contributed by atoms with van der Waals surface area (Å²) in [6.45, 7) is 10.7. The van der Waals surface area contributed by atoms with Crippen molar-refractivity contribution in [1.82, 2.24) is 9.80 Å². The molecule has 0 aromatic carbocycles. The van der Waals surface area contributed by atoms with Crippen molar-refractivity contribution in [2.45, 2.75) is 70.4 Å². The Labute approximate surface area is 124 Å². The molecule has 3 heteroatoms. The first kappa shape index (κ1) is 14.8. The van der Waals surface area contributed by atoms with Crippen LogP contribution in [-0.2, 0) is 0 Å². The second-order valence-corrected chi connectivity index (χ2v) is 8.23. The molecule has 0 bridgehead atoms. The van der Waals surface area contributed by atoms with Crippen LogP contribution in [0.2, 0.25) is 0 Å². The number of nitrogens with two attached hydrogens (primary N) is 1. The molecule has 3 fully saturated rings. The molecule has 1 unspecified atom stereocenters. The van der Waals surface area contributed by atoms with Crippen molar-refractivity contribution in [3.8, 4) is 0 Å². The van der Waals surface area contributed by atoms with Crippen LogP contribution in [0, 0.1) is 5.41 Å². The van der Waals surface area contributed by atoms with Gasteiger partial charge in [0.15, 0.2) is 0 Å². The maximum Gasteiger partial charge on any atom is 0.0338 e. The van der Waals surface area contributed by atoms with Crippen molar-refractivity contribution in [2.24, 2.45) is 11.1 Å². The number of rotatable bonds is 3. The fourth-order valence-electron chi connectivity index (χ4n) is 5.04. The SMILES string of the molecule is CC1(C)CCC(CN)(N2CCN(C3CCCC3)CC2)C1. The van der Waals surface area contributed by atoms with E-state index in [1.165, 1.54) is 71.1 Å². The van der Waals surface area contributed by atoms with Crippen molar-refractivity contribution >= 4 is 0 Å². The summed E-state index contributed by atoms with van der Waals surface area (Å²) in [6.07, 6.45) is 9.72. The summed E-state index contributed by atoms with van der Waals surface area (Å²) in [5.74, 6) is 0. The van der Waals surface area contributed by atoms with Crippen molar-refractivity contribution in [3.05, 3.63) is 0 Å². The van der Waals surface area contributed by atoms with Gasteiger partial charge in [-0.05, 0) is 37.5 Å². The summed E-state index contributed by atoms with van der Waals surface area (Å²) in [6, 6.07) is 0.894. The van der Waals surface area contributed by atoms with E-state index < -0.39 is 0 Å². The van der Waals surface area contributed by atoms with Gasteiger partial charge < -0.3 is 5.73 Å². The summed E-state index contributed by atoms with van der Waals surface area (Å²) in [5.41, 5.74) is 7.02. The van der Waals surface area contributed by atoms with Crippen LogP contribution in [0.25, 0.3) is 0 Å². The zero-order valence-electron chi connectivity index (χ0n) is 13.5. The fraction of sp³-hybridized carbons (Fsp3) is 1.00. The van der Waals surface area contributed by atoms with Gasteiger partial charge in [-0.1, -0.05) is 26.7 Å². The van der Waals surface area contributed by atoms with E-state index in [2.05, 4.69) is 23.6 Å². The average molecular weight is 279 g/mol. The van der Waals surface area contributed by atoms with Gasteiger partial charge in [0.2, 0.25) is 0 Å². The van der Waals surface area contributed by atoms with E-state index >= 15 is 0 Å². The van der Waals surface area contributed by atoms with Crippen LogP contribution in [0.5, 0.6) is 0 Å². The Hall–Kier alpha value is -0.120. The summed E-state index contributed by atoms with van der Waals surface area (Å²) < 4.78 is 0. The lowest BCUT2D eigenvalue weighted by atomic mass is 9.86. The quantitative estimate of drug-likeness (QED) is 0.861. The van der Waals surface area contributed by atoms with Crippen LogP contribution < -0.4 is 5.73 Å². The van der Waals surface area contributed by atoms with Crippen LogP contribution in [-0.4, -0.2) is 54.1 Å². The summed E-state index contributed by atoms with van der Waals surface area (Å²) in [4.78, 5) is 5.50. The van der Waals surface area contributed by atoms with Crippen LogP contribution >= 0.6 is 0 Å². The molecule has 0 aromatic rings. The molecule has 3 aliphatic rings. The molecule has 3 rings (SSSR count). The van der Waals surface area contributed by atoms with Crippen LogP contribution in [0.15, 0.2) is 0 Å². The molecule has 0 spiro atoms. The number of nitrogens with zero attached hydrogens (tertiary/aromatic N) is 2. The van der Waals surface area contributed by atoms with Crippen molar-refractivity contribution in [3.63, 3.8) is 0 Å². The van der Waals surface area contributed by atoms with Gasteiger partial charge in [-0.25, -0.2) is 0 Å². The topological polar surface area (TPSA) is 32.5 Å². The molecular weight excluding hydrogens is 246 g/mol. The summed E-state index contributed by atoms with van der Waals surface area (Å²) >= 11 is 0. The molecule has 1 atom stereocenters. The van der Waals surface area contributed by atoms with Crippen LogP contribution in [0.4, 0.5) is 0 Å². The van der Waals surface area contributed by atoms with Gasteiger partial charge in [-0.3, -0.25) is 9.80 Å². The highest BCUT2D eigenvalue weighted by Gasteiger charge is 2.46. The Morgan fingerprint density at radius 2 is 1.65 bits per heavy atom. The van der Waals surface area contributed by atoms with E-state index in [0.717, 1.165) is 12.6 Å². The fourth-order valence-corrected chi connectivity index (χ4v) is 5.04. The monoisotopic (exact) mass is 279 g/mol. The molecule has 0 amide bonds. The Morgan fingerprint density at radius 1 is 1.00 bits per heavy atom. The molecule has 116 valence electrons. The highest BCUT2D eigenvalue weighted by Crippen LogP contribution is 2.46. The summed E-state index contributed by atoms with van der Waals surface area (Å²) in [7, 11) is 0. The van der Waals surface area contributed by atoms with E-state index in [1.54, 1.807) is 0 Å². The number of hydrogen-bond acceptors (Lipinski definition) is 3. The largest absolute Gasteiger partial charge is 0.329 e. The predicted molar refractivity (Wildman–Crippen MR) is 84.8 cm³/mol. The lowest BCUT2D eigenvalue weighted by molar-refractivity contribution is 0.0197. The van der Waals surface area contributed by atoms with Gasteiger partial charge in [-0.15, -0.1) is 0 Å². The van der Waals surface area contributed by atoms with Crippen LogP contribution in [0.1, 0.15) is 58.8 Å². The minimum Gasteiger partial charge on any atom is -0.329 e. The zero-order chi connectivity index (χ0) is 14.2. The van der Waals surface area contributed by atoms with E-state index in [-0.39, 0.29) is 0 Å². The Morgan fingerprint density at radius 3 is 2.15 bits per heavy atom. The molecule has 2 aliphatic carbocycles. The van der Waals surface area contributed by atoms with E-state index in [9.17, 15) is 0 Å². The Kier molecular flexibility index (Phi) is 4.13. The lowest BCUT2D eigenvalue weighted by Crippen LogP contribution is -2.60. The van der Waals surface area contributed by atoms with Gasteiger partial charge in [0.05, 0.1) is 0 Å². The Balaban J connectivity index is 1.59. The van der Waals surface area contributed by atoms with Crippen molar-refractivity contribution < 1.29 is 0 Å². The molecule has 2 N–H and O–H groups in total. The molecule has 0 aromatic heterocycles. The standard InChI is InChI=1S/C17H33N3/c1-16(2)7-8-17(13-16,14-18)20-11-9-19(10-12-20)15-5-3-4-6-15/h15H,3-14,18H2,1-2H3. The van der Waals surface area contributed by atoms with Crippen molar-refractivity contribution in [2.75, 3.05) is 32.7 Å². The van der Waals surface area contributed by atoms with E-state index in [0.29, 0.717) is 11.0 Å². The second-order valence-electron chi connectivity index (χ2n) is 8.23. The molecule has 3 nitrogen and oxygen atoms in total. The van der Waals surface area contributed by atoms with Crippen LogP contribution in [0.3, 0.4) is 0 Å². The predicted octanol–water partition coefficient (Wildman–Crippen LogP) is 2.45. The van der Waals surface area contributed by atoms with E-state index in [4.69, 9.17) is 5.73 Å². The first-order chi connectivity index (χ1) is 9.55. The third-order valence-corrected chi connectivity index (χ3v) is 6.28. The van der Waals surface area contributed by atoms with Crippen molar-refractivity contribution in [1.29, 1.82) is 0 Å². The molecule has 1 heterocycles. The lowest BCUT2D eigenvalue weighted by Gasteiger charge is -2.47. The minimum absolute atomic E-state index is 0.311. The molecule has 1 aliphatic heterocycles. The molecular formula is C17H33N3. The van der Waals surface area contributed by atoms with Gasteiger partial charge in [-0.2, -0.15) is 0 Å². The third kappa shape index (κ3) is 2.77. The average Bonchev–Trinajstić information content (AvgIpc) is 3.07. The molecule has 2 saturated carbocycles. The first-order valence-electron chi connectivity index (χ1n) is 8.74. The highest BCUT2D eigenvalue weighted by molar-refractivity contribution is 5.03. The highest BCUT2D eigenvalue weighted by atomic mass is 15.3. The smallest absolute Gasteiger partial charge is 0.0338 e. The first-order valence-corrected chi connectivity index (χ1v) is 8.74. The maximum atomic E-state index is 6.22. The maximum absolute atomic E-state index is 6.22. The molecule has 20 heavy (non-hydrogen) atoms. The zero-order valence-corrected chi connectivity index (χ0v) is 13.5. The van der Waals surface area contributed by atoms with Gasteiger partial charge in [0, 0.05) is 44.3 Å². The normalized spacial score (nSPS) is 36.8. The minimum atomic E-state index is 0.311. The number of hydrogen-bond donors (Lipinski definition) is 1. The van der Waals surface area contributed by atoms with E-state index in [1.807, 2.05) is 0 Å². The summed E-state index contributed by atoms with van der Waals surface area (Å²) in [5, 5.41) is 0. The Bertz CT molecular complexity index is 327. The molecule has 0 radical (unpaired) electrons. The van der Waals surface area contributed by atoms with Gasteiger partial charge in [0.1, 0.15) is 0 Å².